The topological polar surface area (TPSA) is 81.2 Å². The van der Waals surface area contributed by atoms with Crippen molar-refractivity contribution in [3.63, 3.8) is 0 Å². The van der Waals surface area contributed by atoms with Gasteiger partial charge in [0, 0.05) is 6.07 Å². The van der Waals surface area contributed by atoms with Crippen molar-refractivity contribution >= 4 is 34.0 Å². The standard InChI is InChI=1S/C6H6IN3O2/c7-5-3-4(9-8)1-2-6(5)10(11)12/h1-3,9H,8H2. The molecule has 0 aliphatic rings. The zero-order valence-corrected chi connectivity index (χ0v) is 8.11. The fourth-order valence-corrected chi connectivity index (χ4v) is 1.46. The van der Waals surface area contributed by atoms with E-state index in [0.717, 1.165) is 0 Å². The number of halogens is 1. The van der Waals surface area contributed by atoms with Crippen molar-refractivity contribution in [2.24, 2.45) is 5.84 Å². The van der Waals surface area contributed by atoms with Gasteiger partial charge in [0.2, 0.25) is 0 Å². The number of hydrogen-bond acceptors (Lipinski definition) is 4. The molecule has 0 unspecified atom stereocenters. The molecule has 5 nitrogen and oxygen atoms in total. The molecule has 0 bridgehead atoms. The van der Waals surface area contributed by atoms with Crippen LogP contribution in [0.25, 0.3) is 0 Å². The lowest BCUT2D eigenvalue weighted by atomic mass is 10.3. The molecule has 0 fully saturated rings. The number of nitrogens with two attached hydrogens (primary N) is 1. The highest BCUT2D eigenvalue weighted by molar-refractivity contribution is 14.1. The van der Waals surface area contributed by atoms with Crippen LogP contribution < -0.4 is 11.3 Å². The van der Waals surface area contributed by atoms with Crippen molar-refractivity contribution in [3.05, 3.63) is 31.9 Å². The lowest BCUT2D eigenvalue weighted by molar-refractivity contribution is -0.385. The number of nitrogens with zero attached hydrogens (tertiary/aromatic N) is 1. The van der Waals surface area contributed by atoms with E-state index in [1.165, 1.54) is 6.07 Å². The molecule has 0 saturated heterocycles. The second-order valence-electron chi connectivity index (χ2n) is 2.07. The quantitative estimate of drug-likeness (QED) is 0.372. The lowest BCUT2D eigenvalue weighted by Gasteiger charge is -1.99. The Hall–Kier alpha value is -0.890. The van der Waals surface area contributed by atoms with E-state index in [1.54, 1.807) is 12.1 Å². The molecule has 0 amide bonds. The van der Waals surface area contributed by atoms with Gasteiger partial charge in [-0.1, -0.05) is 0 Å². The Morgan fingerprint density at radius 2 is 2.25 bits per heavy atom. The monoisotopic (exact) mass is 279 g/mol. The molecule has 0 heterocycles. The molecule has 6 heteroatoms. The van der Waals surface area contributed by atoms with Crippen LogP contribution >= 0.6 is 22.6 Å². The number of rotatable bonds is 2. The van der Waals surface area contributed by atoms with Gasteiger partial charge in [-0.15, -0.1) is 0 Å². The maximum absolute atomic E-state index is 10.4. The molecule has 3 N–H and O–H groups in total. The fraction of sp³-hybridized carbons (Fsp3) is 0. The van der Waals surface area contributed by atoms with Gasteiger partial charge in [-0.25, -0.2) is 0 Å². The first kappa shape index (κ1) is 9.20. The van der Waals surface area contributed by atoms with Crippen LogP contribution in [0.3, 0.4) is 0 Å². The Morgan fingerprint density at radius 3 is 2.67 bits per heavy atom. The Kier molecular flexibility index (Phi) is 2.82. The van der Waals surface area contributed by atoms with E-state index in [1.807, 2.05) is 22.6 Å². The van der Waals surface area contributed by atoms with Gasteiger partial charge in [-0.2, -0.15) is 0 Å². The number of nitrogen functional groups attached to an aromatic ring is 1. The fourth-order valence-electron chi connectivity index (χ4n) is 0.745. The summed E-state index contributed by atoms with van der Waals surface area (Å²) in [5, 5.41) is 10.4. The van der Waals surface area contributed by atoms with Crippen molar-refractivity contribution in [2.45, 2.75) is 0 Å². The van der Waals surface area contributed by atoms with Crippen LogP contribution in [0.4, 0.5) is 11.4 Å². The first-order valence-electron chi connectivity index (χ1n) is 3.05. The Morgan fingerprint density at radius 1 is 1.58 bits per heavy atom. The molecule has 64 valence electrons. The van der Waals surface area contributed by atoms with Crippen LogP contribution in [0.2, 0.25) is 0 Å². The zero-order chi connectivity index (χ0) is 9.14. The van der Waals surface area contributed by atoms with Crippen LogP contribution in [0, 0.1) is 13.7 Å². The number of nitro benzene ring substituents is 1. The van der Waals surface area contributed by atoms with Gasteiger partial charge in [0.15, 0.2) is 0 Å². The molecule has 0 saturated carbocycles. The van der Waals surface area contributed by atoms with Gasteiger partial charge in [-0.05, 0) is 34.7 Å². The summed E-state index contributed by atoms with van der Waals surface area (Å²) >= 11 is 1.89. The van der Waals surface area contributed by atoms with E-state index < -0.39 is 4.92 Å². The predicted molar refractivity (Wildman–Crippen MR) is 53.6 cm³/mol. The lowest BCUT2D eigenvalue weighted by Crippen LogP contribution is -2.06. The minimum Gasteiger partial charge on any atom is -0.324 e. The van der Waals surface area contributed by atoms with E-state index in [4.69, 9.17) is 5.84 Å². The molecular formula is C6H6IN3O2. The maximum Gasteiger partial charge on any atom is 0.282 e. The zero-order valence-electron chi connectivity index (χ0n) is 5.95. The minimum absolute atomic E-state index is 0.0922. The van der Waals surface area contributed by atoms with Gasteiger partial charge in [0.25, 0.3) is 5.69 Å². The van der Waals surface area contributed by atoms with E-state index in [2.05, 4.69) is 5.43 Å². The normalized spacial score (nSPS) is 9.50. The van der Waals surface area contributed by atoms with Crippen molar-refractivity contribution in [3.8, 4) is 0 Å². The molecule has 0 radical (unpaired) electrons. The second-order valence-corrected chi connectivity index (χ2v) is 3.23. The highest BCUT2D eigenvalue weighted by Crippen LogP contribution is 2.23. The number of anilines is 1. The Bertz CT molecular complexity index is 316. The van der Waals surface area contributed by atoms with Gasteiger partial charge in [-0.3, -0.25) is 16.0 Å². The van der Waals surface area contributed by atoms with Gasteiger partial charge in [0.1, 0.15) is 0 Å². The summed E-state index contributed by atoms with van der Waals surface area (Å²) in [5.74, 6) is 5.12. The Labute approximate surface area is 82.2 Å². The summed E-state index contributed by atoms with van der Waals surface area (Å²) in [7, 11) is 0. The van der Waals surface area contributed by atoms with E-state index in [0.29, 0.717) is 9.26 Å². The molecule has 0 aromatic heterocycles. The third kappa shape index (κ3) is 1.83. The van der Waals surface area contributed by atoms with Crippen LogP contribution in [0.1, 0.15) is 0 Å². The van der Waals surface area contributed by atoms with Crippen molar-refractivity contribution in [1.82, 2.24) is 0 Å². The van der Waals surface area contributed by atoms with E-state index in [9.17, 15) is 10.1 Å². The number of nitrogens with one attached hydrogen (secondary N) is 1. The molecule has 0 aliphatic carbocycles. The summed E-state index contributed by atoms with van der Waals surface area (Å²) in [4.78, 5) is 9.94. The molecule has 1 aromatic carbocycles. The first-order chi connectivity index (χ1) is 5.65. The summed E-state index contributed by atoms with van der Waals surface area (Å²) < 4.78 is 0.563. The molecule has 1 rings (SSSR count). The van der Waals surface area contributed by atoms with Gasteiger partial charge in [0.05, 0.1) is 14.2 Å². The highest BCUT2D eigenvalue weighted by Gasteiger charge is 2.10. The summed E-state index contributed by atoms with van der Waals surface area (Å²) in [6.07, 6.45) is 0. The third-order valence-electron chi connectivity index (χ3n) is 1.31. The number of hydrazine groups is 1. The third-order valence-corrected chi connectivity index (χ3v) is 2.18. The molecule has 0 aliphatic heterocycles. The van der Waals surface area contributed by atoms with Crippen LogP contribution in [0.15, 0.2) is 18.2 Å². The van der Waals surface area contributed by atoms with E-state index in [-0.39, 0.29) is 5.69 Å². The number of hydrogen-bond donors (Lipinski definition) is 2. The molecule has 0 spiro atoms. The first-order valence-corrected chi connectivity index (χ1v) is 4.13. The maximum atomic E-state index is 10.4. The van der Waals surface area contributed by atoms with Gasteiger partial charge >= 0.3 is 0 Å². The van der Waals surface area contributed by atoms with Crippen molar-refractivity contribution in [1.29, 1.82) is 0 Å². The number of nitro groups is 1. The van der Waals surface area contributed by atoms with Crippen LogP contribution in [-0.4, -0.2) is 4.92 Å². The van der Waals surface area contributed by atoms with Crippen molar-refractivity contribution in [2.75, 3.05) is 5.43 Å². The summed E-state index contributed by atoms with van der Waals surface area (Å²) in [6, 6.07) is 4.58. The average Bonchev–Trinajstić information content (AvgIpc) is 2.03. The average molecular weight is 279 g/mol. The smallest absolute Gasteiger partial charge is 0.282 e. The highest BCUT2D eigenvalue weighted by atomic mass is 127. The SMILES string of the molecule is NNc1ccc([N+](=O)[O-])c(I)c1. The minimum atomic E-state index is -0.429. The molecular weight excluding hydrogens is 273 g/mol. The predicted octanol–water partition coefficient (Wildman–Crippen LogP) is 1.49. The van der Waals surface area contributed by atoms with Crippen LogP contribution in [-0.2, 0) is 0 Å². The summed E-state index contributed by atoms with van der Waals surface area (Å²) in [6.45, 7) is 0. The number of benzene rings is 1. The second kappa shape index (κ2) is 3.68. The van der Waals surface area contributed by atoms with Gasteiger partial charge < -0.3 is 5.43 Å². The summed E-state index contributed by atoms with van der Waals surface area (Å²) in [5.41, 5.74) is 3.16. The largest absolute Gasteiger partial charge is 0.324 e. The molecule has 12 heavy (non-hydrogen) atoms. The Balaban J connectivity index is 3.12. The van der Waals surface area contributed by atoms with Crippen molar-refractivity contribution < 1.29 is 4.92 Å². The van der Waals surface area contributed by atoms with E-state index >= 15 is 0 Å². The van der Waals surface area contributed by atoms with Crippen LogP contribution in [0.5, 0.6) is 0 Å². The molecule has 1 aromatic rings. The molecule has 0 atom stereocenters.